The van der Waals surface area contributed by atoms with Gasteiger partial charge in [-0.15, -0.1) is 0 Å². The Morgan fingerprint density at radius 3 is 3.08 bits per heavy atom. The standard InChI is InChI=1S/C8H13NO3/c1-5-9-7(4-12-5)2-6(3-10)8(9)11/h5-7,10H,2-4H2,1H3/t5-,6?,7?/m1/s1. The van der Waals surface area contributed by atoms with E-state index in [-0.39, 0.29) is 30.7 Å². The van der Waals surface area contributed by atoms with Gasteiger partial charge >= 0.3 is 0 Å². The van der Waals surface area contributed by atoms with Crippen LogP contribution in [0, 0.1) is 5.92 Å². The molecular weight excluding hydrogens is 158 g/mol. The van der Waals surface area contributed by atoms with Gasteiger partial charge in [-0.1, -0.05) is 0 Å². The highest BCUT2D eigenvalue weighted by atomic mass is 16.5. The van der Waals surface area contributed by atoms with Crippen LogP contribution in [0.4, 0.5) is 0 Å². The van der Waals surface area contributed by atoms with Crippen LogP contribution in [0.15, 0.2) is 0 Å². The van der Waals surface area contributed by atoms with Gasteiger partial charge in [0.1, 0.15) is 6.23 Å². The zero-order valence-electron chi connectivity index (χ0n) is 7.06. The lowest BCUT2D eigenvalue weighted by atomic mass is 10.1. The Morgan fingerprint density at radius 2 is 2.50 bits per heavy atom. The number of amides is 1. The first-order chi connectivity index (χ1) is 5.74. The smallest absolute Gasteiger partial charge is 0.230 e. The Morgan fingerprint density at radius 1 is 1.75 bits per heavy atom. The van der Waals surface area contributed by atoms with E-state index < -0.39 is 0 Å². The molecule has 2 unspecified atom stereocenters. The molecular formula is C8H13NO3. The lowest BCUT2D eigenvalue weighted by Crippen LogP contribution is -2.35. The number of hydrogen-bond acceptors (Lipinski definition) is 3. The second kappa shape index (κ2) is 2.71. The number of nitrogens with zero attached hydrogens (tertiary/aromatic N) is 1. The fraction of sp³-hybridized carbons (Fsp3) is 0.875. The Kier molecular flexibility index (Phi) is 1.81. The first-order valence-corrected chi connectivity index (χ1v) is 4.28. The molecule has 0 radical (unpaired) electrons. The molecule has 0 aliphatic carbocycles. The van der Waals surface area contributed by atoms with Crippen molar-refractivity contribution < 1.29 is 14.6 Å². The van der Waals surface area contributed by atoms with Crippen molar-refractivity contribution in [1.29, 1.82) is 0 Å². The summed E-state index contributed by atoms with van der Waals surface area (Å²) in [6.07, 6.45) is 0.652. The number of ether oxygens (including phenoxy) is 1. The van der Waals surface area contributed by atoms with Gasteiger partial charge in [0.25, 0.3) is 0 Å². The van der Waals surface area contributed by atoms with E-state index in [1.165, 1.54) is 0 Å². The summed E-state index contributed by atoms with van der Waals surface area (Å²) >= 11 is 0. The summed E-state index contributed by atoms with van der Waals surface area (Å²) in [7, 11) is 0. The van der Waals surface area contributed by atoms with E-state index in [0.29, 0.717) is 6.61 Å². The van der Waals surface area contributed by atoms with Gasteiger partial charge in [0.05, 0.1) is 25.2 Å². The number of fused-ring (bicyclic) bond motifs is 1. The lowest BCUT2D eigenvalue weighted by molar-refractivity contribution is -0.137. The summed E-state index contributed by atoms with van der Waals surface area (Å²) in [6, 6.07) is 0.213. The van der Waals surface area contributed by atoms with E-state index in [9.17, 15) is 4.79 Å². The normalized spacial score (nSPS) is 40.7. The Labute approximate surface area is 71.1 Å². The van der Waals surface area contributed by atoms with E-state index in [0.717, 1.165) is 6.42 Å². The van der Waals surface area contributed by atoms with Gasteiger partial charge in [0.2, 0.25) is 5.91 Å². The molecule has 2 heterocycles. The summed E-state index contributed by atoms with van der Waals surface area (Å²) in [5.74, 6) is -0.131. The van der Waals surface area contributed by atoms with E-state index in [1.54, 1.807) is 4.90 Å². The first kappa shape index (κ1) is 8.01. The minimum atomic E-state index is -0.179. The summed E-state index contributed by atoms with van der Waals surface area (Å²) in [5.41, 5.74) is 0. The molecule has 68 valence electrons. The van der Waals surface area contributed by atoms with Crippen LogP contribution < -0.4 is 0 Å². The molecule has 4 nitrogen and oxygen atoms in total. The van der Waals surface area contributed by atoms with Gasteiger partial charge in [-0.05, 0) is 13.3 Å². The Bertz CT molecular complexity index is 206. The minimum Gasteiger partial charge on any atom is -0.396 e. The molecule has 0 aromatic carbocycles. The topological polar surface area (TPSA) is 49.8 Å². The van der Waals surface area contributed by atoms with Crippen molar-refractivity contribution in [2.45, 2.75) is 25.6 Å². The maximum Gasteiger partial charge on any atom is 0.230 e. The van der Waals surface area contributed by atoms with E-state index >= 15 is 0 Å². The monoisotopic (exact) mass is 171 g/mol. The number of aliphatic hydroxyl groups is 1. The molecule has 0 saturated carbocycles. The number of carbonyl (C=O) groups excluding carboxylic acids is 1. The van der Waals surface area contributed by atoms with Crippen LogP contribution in [0.25, 0.3) is 0 Å². The molecule has 0 bridgehead atoms. The third kappa shape index (κ3) is 0.949. The fourth-order valence-electron chi connectivity index (χ4n) is 2.04. The average Bonchev–Trinajstić information content (AvgIpc) is 2.55. The molecule has 0 spiro atoms. The van der Waals surface area contributed by atoms with Crippen molar-refractivity contribution in [2.24, 2.45) is 5.92 Å². The summed E-state index contributed by atoms with van der Waals surface area (Å²) in [5, 5.41) is 8.89. The number of rotatable bonds is 1. The van der Waals surface area contributed by atoms with Gasteiger partial charge < -0.3 is 14.7 Å². The molecule has 2 aliphatic rings. The van der Waals surface area contributed by atoms with Crippen molar-refractivity contribution in [2.75, 3.05) is 13.2 Å². The molecule has 4 heteroatoms. The van der Waals surface area contributed by atoms with Crippen molar-refractivity contribution in [3.63, 3.8) is 0 Å². The summed E-state index contributed by atoms with van der Waals surface area (Å²) in [4.78, 5) is 13.3. The summed E-state index contributed by atoms with van der Waals surface area (Å²) < 4.78 is 5.31. The minimum absolute atomic E-state index is 0.0292. The number of hydrogen-bond donors (Lipinski definition) is 1. The van der Waals surface area contributed by atoms with Gasteiger partial charge in [-0.25, -0.2) is 0 Å². The molecule has 2 rings (SSSR count). The predicted octanol–water partition coefficient (Wildman–Crippen LogP) is -0.428. The molecule has 3 atom stereocenters. The van der Waals surface area contributed by atoms with Crippen LogP contribution in [0.2, 0.25) is 0 Å². The third-order valence-electron chi connectivity index (χ3n) is 2.70. The molecule has 12 heavy (non-hydrogen) atoms. The second-order valence-corrected chi connectivity index (χ2v) is 3.45. The van der Waals surface area contributed by atoms with Crippen molar-refractivity contribution in [1.82, 2.24) is 4.90 Å². The number of carbonyl (C=O) groups is 1. The van der Waals surface area contributed by atoms with Crippen LogP contribution in [0.1, 0.15) is 13.3 Å². The van der Waals surface area contributed by atoms with Crippen molar-refractivity contribution >= 4 is 5.91 Å². The van der Waals surface area contributed by atoms with Gasteiger partial charge in [-0.2, -0.15) is 0 Å². The lowest BCUT2D eigenvalue weighted by Gasteiger charge is -2.18. The third-order valence-corrected chi connectivity index (χ3v) is 2.70. The molecule has 0 aromatic heterocycles. The maximum absolute atomic E-state index is 11.5. The highest BCUT2D eigenvalue weighted by Crippen LogP contribution is 2.31. The van der Waals surface area contributed by atoms with Crippen molar-refractivity contribution in [3.8, 4) is 0 Å². The van der Waals surface area contributed by atoms with Gasteiger partial charge in [0.15, 0.2) is 0 Å². The highest BCUT2D eigenvalue weighted by Gasteiger charge is 2.45. The predicted molar refractivity (Wildman–Crippen MR) is 41.2 cm³/mol. The zero-order valence-corrected chi connectivity index (χ0v) is 7.06. The number of aliphatic hydroxyl groups excluding tert-OH is 1. The second-order valence-electron chi connectivity index (χ2n) is 3.45. The zero-order chi connectivity index (χ0) is 8.72. The van der Waals surface area contributed by atoms with E-state index in [2.05, 4.69) is 0 Å². The van der Waals surface area contributed by atoms with Gasteiger partial charge in [-0.3, -0.25) is 4.79 Å². The molecule has 2 aliphatic heterocycles. The van der Waals surface area contributed by atoms with Crippen LogP contribution in [-0.2, 0) is 9.53 Å². The molecule has 0 aromatic rings. The van der Waals surface area contributed by atoms with Crippen LogP contribution in [0.5, 0.6) is 0 Å². The maximum atomic E-state index is 11.5. The first-order valence-electron chi connectivity index (χ1n) is 4.28. The summed E-state index contributed by atoms with van der Waals surface area (Å²) in [6.45, 7) is 2.47. The highest BCUT2D eigenvalue weighted by molar-refractivity contribution is 5.82. The van der Waals surface area contributed by atoms with Crippen LogP contribution in [-0.4, -0.2) is 41.4 Å². The Hall–Kier alpha value is -0.610. The Balaban J connectivity index is 2.14. The largest absolute Gasteiger partial charge is 0.396 e. The van der Waals surface area contributed by atoms with E-state index in [1.807, 2.05) is 6.92 Å². The van der Waals surface area contributed by atoms with Crippen LogP contribution >= 0.6 is 0 Å². The molecule has 2 fully saturated rings. The van der Waals surface area contributed by atoms with Gasteiger partial charge in [0, 0.05) is 0 Å². The quantitative estimate of drug-likeness (QED) is 0.582. The van der Waals surface area contributed by atoms with Crippen molar-refractivity contribution in [3.05, 3.63) is 0 Å². The molecule has 1 amide bonds. The molecule has 2 saturated heterocycles. The molecule has 1 N–H and O–H groups in total. The van der Waals surface area contributed by atoms with Crippen LogP contribution in [0.3, 0.4) is 0 Å². The fourth-order valence-corrected chi connectivity index (χ4v) is 2.04. The SMILES string of the molecule is C[C@H]1OCC2CC(CO)C(=O)N21. The van der Waals surface area contributed by atoms with E-state index in [4.69, 9.17) is 9.84 Å². The average molecular weight is 171 g/mol.